The summed E-state index contributed by atoms with van der Waals surface area (Å²) in [6, 6.07) is 12.1. The van der Waals surface area contributed by atoms with Gasteiger partial charge >= 0.3 is 6.03 Å². The van der Waals surface area contributed by atoms with Gasteiger partial charge in [0.2, 0.25) is 0 Å². The van der Waals surface area contributed by atoms with Gasteiger partial charge in [-0.05, 0) is 48.9 Å². The maximum absolute atomic E-state index is 13.0. The number of benzene rings is 2. The first-order valence-corrected chi connectivity index (χ1v) is 9.37. The molecule has 3 rings (SSSR count). The van der Waals surface area contributed by atoms with E-state index in [0.29, 0.717) is 37.7 Å². The van der Waals surface area contributed by atoms with E-state index >= 15 is 0 Å². The quantitative estimate of drug-likeness (QED) is 0.774. The minimum Gasteiger partial charge on any atom is -0.493 e. The lowest BCUT2D eigenvalue weighted by molar-refractivity contribution is 0.191. The van der Waals surface area contributed by atoms with Crippen LogP contribution in [0, 0.1) is 12.7 Å². The van der Waals surface area contributed by atoms with Crippen LogP contribution in [-0.2, 0) is 0 Å². The Balaban J connectivity index is 1.39. The molecular weight excluding hydrogens is 361 g/mol. The monoisotopic (exact) mass is 387 g/mol. The minimum atomic E-state index is -0.243. The number of hydrogen-bond donors (Lipinski definition) is 1. The topological polar surface area (TPSA) is 54.0 Å². The summed E-state index contributed by atoms with van der Waals surface area (Å²) in [4.78, 5) is 16.3. The molecule has 7 heteroatoms. The molecule has 6 nitrogen and oxygen atoms in total. The molecule has 0 aliphatic carbocycles. The Labute approximate surface area is 164 Å². The fraction of sp³-hybridized carbons (Fsp3) is 0.381. The van der Waals surface area contributed by atoms with Gasteiger partial charge in [0.05, 0.1) is 13.7 Å². The number of nitrogens with zero attached hydrogens (tertiary/aromatic N) is 2. The van der Waals surface area contributed by atoms with Crippen molar-refractivity contribution in [1.82, 2.24) is 10.2 Å². The summed E-state index contributed by atoms with van der Waals surface area (Å²) in [6.45, 7) is 5.44. The van der Waals surface area contributed by atoms with Gasteiger partial charge in [0.1, 0.15) is 12.4 Å². The van der Waals surface area contributed by atoms with Crippen LogP contribution in [0.15, 0.2) is 42.5 Å². The predicted molar refractivity (Wildman–Crippen MR) is 107 cm³/mol. The van der Waals surface area contributed by atoms with Crippen molar-refractivity contribution in [1.29, 1.82) is 0 Å². The molecule has 2 amide bonds. The molecule has 1 aliphatic heterocycles. The zero-order valence-corrected chi connectivity index (χ0v) is 16.3. The molecule has 2 aromatic rings. The summed E-state index contributed by atoms with van der Waals surface area (Å²) < 4.78 is 24.1. The SMILES string of the molecule is COc1cc(C)ccc1OCCNC(=O)N1CCN(c2ccc(F)cc2)CC1. The number of aryl methyl sites for hydroxylation is 1. The van der Waals surface area contributed by atoms with Gasteiger partial charge in [-0.25, -0.2) is 9.18 Å². The van der Waals surface area contributed by atoms with Crippen LogP contribution in [0.5, 0.6) is 11.5 Å². The van der Waals surface area contributed by atoms with E-state index in [0.717, 1.165) is 24.3 Å². The molecule has 0 atom stereocenters. The Morgan fingerprint density at radius 2 is 1.79 bits per heavy atom. The average Bonchev–Trinajstić information content (AvgIpc) is 2.72. The molecule has 1 heterocycles. The first-order chi connectivity index (χ1) is 13.6. The van der Waals surface area contributed by atoms with E-state index in [1.54, 1.807) is 24.1 Å². The third kappa shape index (κ3) is 5.06. The standard InChI is InChI=1S/C21H26FN3O3/c1-16-3-8-19(20(15-16)27-2)28-14-9-23-21(26)25-12-10-24(11-13-25)18-6-4-17(22)5-7-18/h3-8,15H,9-14H2,1-2H3,(H,23,26). The van der Waals surface area contributed by atoms with Gasteiger partial charge in [-0.2, -0.15) is 0 Å². The largest absolute Gasteiger partial charge is 0.493 e. The van der Waals surface area contributed by atoms with Crippen molar-refractivity contribution in [3.63, 3.8) is 0 Å². The lowest BCUT2D eigenvalue weighted by Crippen LogP contribution is -2.52. The van der Waals surface area contributed by atoms with Gasteiger partial charge < -0.3 is 24.6 Å². The molecule has 28 heavy (non-hydrogen) atoms. The van der Waals surface area contributed by atoms with Crippen LogP contribution < -0.4 is 19.7 Å². The number of nitrogens with one attached hydrogen (secondary N) is 1. The Morgan fingerprint density at radius 3 is 2.46 bits per heavy atom. The molecule has 2 aromatic carbocycles. The molecule has 1 fully saturated rings. The Bertz CT molecular complexity index is 790. The van der Waals surface area contributed by atoms with E-state index in [9.17, 15) is 9.18 Å². The van der Waals surface area contributed by atoms with Gasteiger partial charge in [-0.15, -0.1) is 0 Å². The molecule has 0 aromatic heterocycles. The zero-order valence-electron chi connectivity index (χ0n) is 16.3. The van der Waals surface area contributed by atoms with Gasteiger partial charge in [0.15, 0.2) is 11.5 Å². The number of ether oxygens (including phenoxy) is 2. The van der Waals surface area contributed by atoms with Crippen LogP contribution in [0.4, 0.5) is 14.9 Å². The van der Waals surface area contributed by atoms with E-state index in [1.165, 1.54) is 12.1 Å². The van der Waals surface area contributed by atoms with Gasteiger partial charge in [0, 0.05) is 31.9 Å². The fourth-order valence-corrected chi connectivity index (χ4v) is 3.14. The van der Waals surface area contributed by atoms with E-state index in [4.69, 9.17) is 9.47 Å². The second-order valence-corrected chi connectivity index (χ2v) is 6.69. The van der Waals surface area contributed by atoms with Crippen LogP contribution in [0.2, 0.25) is 0 Å². The smallest absolute Gasteiger partial charge is 0.317 e. The third-order valence-corrected chi connectivity index (χ3v) is 4.71. The molecule has 0 spiro atoms. The number of anilines is 1. The number of amides is 2. The molecular formula is C21H26FN3O3. The molecule has 0 saturated carbocycles. The summed E-state index contributed by atoms with van der Waals surface area (Å²) in [5.41, 5.74) is 2.07. The molecule has 150 valence electrons. The van der Waals surface area contributed by atoms with Crippen molar-refractivity contribution >= 4 is 11.7 Å². The van der Waals surface area contributed by atoms with Gasteiger partial charge in [0.25, 0.3) is 0 Å². The number of urea groups is 1. The number of hydrogen-bond acceptors (Lipinski definition) is 4. The minimum absolute atomic E-state index is 0.0989. The molecule has 0 bridgehead atoms. The highest BCUT2D eigenvalue weighted by atomic mass is 19.1. The molecule has 1 saturated heterocycles. The average molecular weight is 387 g/mol. The first-order valence-electron chi connectivity index (χ1n) is 9.37. The number of piperazine rings is 1. The van der Waals surface area contributed by atoms with Crippen LogP contribution >= 0.6 is 0 Å². The predicted octanol–water partition coefficient (Wildman–Crippen LogP) is 3.05. The van der Waals surface area contributed by atoms with E-state index in [2.05, 4.69) is 10.2 Å². The maximum atomic E-state index is 13.0. The normalized spacial score (nSPS) is 14.0. The molecule has 0 radical (unpaired) electrons. The number of carbonyl (C=O) groups is 1. The van der Waals surface area contributed by atoms with Gasteiger partial charge in [-0.3, -0.25) is 0 Å². The highest BCUT2D eigenvalue weighted by molar-refractivity contribution is 5.74. The van der Waals surface area contributed by atoms with Crippen molar-refractivity contribution in [3.05, 3.63) is 53.8 Å². The van der Waals surface area contributed by atoms with Crippen molar-refractivity contribution in [2.24, 2.45) is 0 Å². The highest BCUT2D eigenvalue weighted by Gasteiger charge is 2.21. The van der Waals surface area contributed by atoms with Crippen molar-refractivity contribution in [2.45, 2.75) is 6.92 Å². The molecule has 1 N–H and O–H groups in total. The number of halogens is 1. The second kappa shape index (κ2) is 9.30. The summed E-state index contributed by atoms with van der Waals surface area (Å²) in [6.07, 6.45) is 0. The summed E-state index contributed by atoms with van der Waals surface area (Å²) in [5.74, 6) is 1.10. The van der Waals surface area contributed by atoms with E-state index in [1.807, 2.05) is 25.1 Å². The number of methoxy groups -OCH3 is 1. The van der Waals surface area contributed by atoms with Crippen molar-refractivity contribution in [2.75, 3.05) is 51.3 Å². The first kappa shape index (κ1) is 19.8. The van der Waals surface area contributed by atoms with Crippen molar-refractivity contribution < 1.29 is 18.7 Å². The molecule has 1 aliphatic rings. The van der Waals surface area contributed by atoms with Crippen molar-refractivity contribution in [3.8, 4) is 11.5 Å². The highest BCUT2D eigenvalue weighted by Crippen LogP contribution is 2.27. The lowest BCUT2D eigenvalue weighted by Gasteiger charge is -2.36. The number of rotatable bonds is 6. The third-order valence-electron chi connectivity index (χ3n) is 4.71. The van der Waals surface area contributed by atoms with E-state index < -0.39 is 0 Å². The Hall–Kier alpha value is -2.96. The van der Waals surface area contributed by atoms with Crippen LogP contribution in [0.25, 0.3) is 0 Å². The summed E-state index contributed by atoms with van der Waals surface area (Å²) in [5, 5.41) is 2.89. The molecule has 0 unspecified atom stereocenters. The summed E-state index contributed by atoms with van der Waals surface area (Å²) >= 11 is 0. The van der Waals surface area contributed by atoms with Crippen LogP contribution in [-0.4, -0.2) is 57.4 Å². The fourth-order valence-electron chi connectivity index (χ4n) is 3.14. The summed E-state index contributed by atoms with van der Waals surface area (Å²) in [7, 11) is 1.61. The zero-order chi connectivity index (χ0) is 19.9. The second-order valence-electron chi connectivity index (χ2n) is 6.69. The maximum Gasteiger partial charge on any atom is 0.317 e. The lowest BCUT2D eigenvalue weighted by atomic mass is 10.2. The van der Waals surface area contributed by atoms with Crippen LogP contribution in [0.3, 0.4) is 0 Å². The Morgan fingerprint density at radius 1 is 1.07 bits per heavy atom. The van der Waals surface area contributed by atoms with Crippen LogP contribution in [0.1, 0.15) is 5.56 Å². The van der Waals surface area contributed by atoms with E-state index in [-0.39, 0.29) is 11.8 Å². The Kier molecular flexibility index (Phi) is 6.57. The number of carbonyl (C=O) groups excluding carboxylic acids is 1. The van der Waals surface area contributed by atoms with Gasteiger partial charge in [-0.1, -0.05) is 6.07 Å².